The Morgan fingerprint density at radius 1 is 0.884 bits per heavy atom. The molecule has 0 aliphatic carbocycles. The van der Waals surface area contributed by atoms with Crippen LogP contribution in [-0.2, 0) is 17.2 Å². The average molecular weight is 588 g/mol. The van der Waals surface area contributed by atoms with Gasteiger partial charge in [0, 0.05) is 17.1 Å². The second kappa shape index (κ2) is 12.6. The van der Waals surface area contributed by atoms with Crippen molar-refractivity contribution in [3.63, 3.8) is 0 Å². The van der Waals surface area contributed by atoms with Crippen LogP contribution in [0.4, 0.5) is 11.6 Å². The number of ether oxygens (including phenoxy) is 1. The third-order valence-electron chi connectivity index (χ3n) is 7.53. The predicted octanol–water partition coefficient (Wildman–Crippen LogP) is 7.69. The molecule has 1 atom stereocenters. The minimum absolute atomic E-state index is 0.191. The van der Waals surface area contributed by atoms with Crippen molar-refractivity contribution < 1.29 is 9.53 Å². The van der Waals surface area contributed by atoms with Gasteiger partial charge in [0.2, 0.25) is 11.1 Å². The maximum atomic E-state index is 13.9. The number of nitrogens with zero attached hydrogens (tertiary/aromatic N) is 3. The summed E-state index contributed by atoms with van der Waals surface area (Å²) < 4.78 is 7.92. The van der Waals surface area contributed by atoms with E-state index < -0.39 is 6.04 Å². The van der Waals surface area contributed by atoms with Crippen LogP contribution < -0.4 is 15.4 Å². The fourth-order valence-electron chi connectivity index (χ4n) is 5.10. The number of aromatic nitrogens is 3. The summed E-state index contributed by atoms with van der Waals surface area (Å²) >= 11 is 1.57. The maximum absolute atomic E-state index is 13.9. The molecule has 7 nitrogen and oxygen atoms in total. The van der Waals surface area contributed by atoms with Gasteiger partial charge in [0.05, 0.1) is 5.57 Å². The molecule has 1 aliphatic heterocycles. The zero-order valence-electron chi connectivity index (χ0n) is 24.4. The minimum atomic E-state index is -0.482. The molecule has 0 saturated heterocycles. The molecule has 1 unspecified atom stereocenters. The SMILES string of the molecule is CC1=C(C(=O)Nc2ccccc2C)C(c2ccc(OCc3ccccc3C)cc2)n2nc(SCc3ccccc3)nc2N1. The highest BCUT2D eigenvalue weighted by molar-refractivity contribution is 7.98. The molecule has 2 heterocycles. The van der Waals surface area contributed by atoms with Crippen LogP contribution in [0.3, 0.4) is 0 Å². The van der Waals surface area contributed by atoms with Crippen LogP contribution >= 0.6 is 11.8 Å². The number of hydrogen-bond acceptors (Lipinski definition) is 6. The molecule has 0 spiro atoms. The smallest absolute Gasteiger partial charge is 0.255 e. The number of rotatable bonds is 9. The number of hydrogen-bond donors (Lipinski definition) is 2. The second-order valence-electron chi connectivity index (χ2n) is 10.6. The van der Waals surface area contributed by atoms with Crippen LogP contribution in [0, 0.1) is 13.8 Å². The number of para-hydroxylation sites is 1. The van der Waals surface area contributed by atoms with E-state index in [4.69, 9.17) is 14.8 Å². The number of anilines is 2. The number of allylic oxidation sites excluding steroid dienone is 1. The van der Waals surface area contributed by atoms with E-state index in [1.165, 1.54) is 11.1 Å². The van der Waals surface area contributed by atoms with Gasteiger partial charge in [0.25, 0.3) is 5.91 Å². The maximum Gasteiger partial charge on any atom is 0.255 e. The van der Waals surface area contributed by atoms with Crippen molar-refractivity contribution in [3.8, 4) is 5.75 Å². The van der Waals surface area contributed by atoms with Crippen molar-refractivity contribution in [2.45, 2.75) is 44.3 Å². The molecule has 1 amide bonds. The number of nitrogens with one attached hydrogen (secondary N) is 2. The van der Waals surface area contributed by atoms with Crippen LogP contribution in [-0.4, -0.2) is 20.7 Å². The second-order valence-corrected chi connectivity index (χ2v) is 11.5. The zero-order chi connectivity index (χ0) is 29.8. The molecule has 216 valence electrons. The Morgan fingerprint density at radius 3 is 2.33 bits per heavy atom. The van der Waals surface area contributed by atoms with Crippen LogP contribution in [0.25, 0.3) is 0 Å². The molecule has 1 aliphatic rings. The van der Waals surface area contributed by atoms with E-state index in [2.05, 4.69) is 41.8 Å². The summed E-state index contributed by atoms with van der Waals surface area (Å²) in [6.07, 6.45) is 0. The van der Waals surface area contributed by atoms with Gasteiger partial charge in [-0.05, 0) is 66.8 Å². The van der Waals surface area contributed by atoms with Gasteiger partial charge in [-0.15, -0.1) is 5.10 Å². The Balaban J connectivity index is 1.30. The highest BCUT2D eigenvalue weighted by Crippen LogP contribution is 2.38. The number of benzene rings is 4. The molecule has 0 fully saturated rings. The van der Waals surface area contributed by atoms with Crippen LogP contribution in [0.2, 0.25) is 0 Å². The van der Waals surface area contributed by atoms with Gasteiger partial charge in [-0.2, -0.15) is 4.98 Å². The Kier molecular flexibility index (Phi) is 8.29. The van der Waals surface area contributed by atoms with E-state index in [0.29, 0.717) is 23.3 Å². The lowest BCUT2D eigenvalue weighted by Crippen LogP contribution is -2.31. The van der Waals surface area contributed by atoms with Crippen molar-refractivity contribution >= 4 is 29.3 Å². The first-order valence-corrected chi connectivity index (χ1v) is 15.2. The van der Waals surface area contributed by atoms with Gasteiger partial charge in [-0.1, -0.05) is 96.7 Å². The normalized spacial score (nSPS) is 14.2. The Hall–Kier alpha value is -4.82. The van der Waals surface area contributed by atoms with Crippen molar-refractivity contribution in [2.75, 3.05) is 10.6 Å². The van der Waals surface area contributed by atoms with Gasteiger partial charge in [-0.25, -0.2) is 4.68 Å². The summed E-state index contributed by atoms with van der Waals surface area (Å²) in [4.78, 5) is 18.7. The van der Waals surface area contributed by atoms with E-state index in [1.54, 1.807) is 11.8 Å². The molecule has 8 heteroatoms. The zero-order valence-corrected chi connectivity index (χ0v) is 25.2. The Morgan fingerprint density at radius 2 is 1.58 bits per heavy atom. The van der Waals surface area contributed by atoms with Crippen molar-refractivity contribution in [1.29, 1.82) is 0 Å². The Labute approximate surface area is 256 Å². The summed E-state index contributed by atoms with van der Waals surface area (Å²) in [6.45, 7) is 6.46. The highest BCUT2D eigenvalue weighted by Gasteiger charge is 2.34. The lowest BCUT2D eigenvalue weighted by atomic mass is 9.95. The number of amides is 1. The van der Waals surface area contributed by atoms with Crippen LogP contribution in [0.5, 0.6) is 5.75 Å². The number of carbonyl (C=O) groups is 1. The topological polar surface area (TPSA) is 81.1 Å². The van der Waals surface area contributed by atoms with Crippen LogP contribution in [0.1, 0.15) is 40.8 Å². The number of aryl methyl sites for hydroxylation is 2. The standard InChI is InChI=1S/C35H33N5O2S/c1-23-11-7-9-15-28(23)21-42-29-19-17-27(18-20-29)32-31(33(41)37-30-16-10-8-12-24(30)2)25(3)36-34-38-35(39-40(32)34)43-22-26-13-5-4-6-14-26/h4-20,32H,21-22H2,1-3H3,(H,37,41)(H,36,38,39). The Bertz CT molecular complexity index is 1780. The molecule has 1 aromatic heterocycles. The molecule has 0 radical (unpaired) electrons. The van der Waals surface area contributed by atoms with E-state index in [-0.39, 0.29) is 5.91 Å². The molecular weight excluding hydrogens is 554 g/mol. The third-order valence-corrected chi connectivity index (χ3v) is 8.44. The molecular formula is C35H33N5O2S. The first-order chi connectivity index (χ1) is 21.0. The largest absolute Gasteiger partial charge is 0.489 e. The van der Waals surface area contributed by atoms with Gasteiger partial charge < -0.3 is 15.4 Å². The van der Waals surface area contributed by atoms with E-state index in [0.717, 1.165) is 39.6 Å². The molecule has 6 rings (SSSR count). The summed E-state index contributed by atoms with van der Waals surface area (Å²) in [6, 6.07) is 33.6. The molecule has 2 N–H and O–H groups in total. The van der Waals surface area contributed by atoms with E-state index in [9.17, 15) is 4.79 Å². The predicted molar refractivity (Wildman–Crippen MR) is 172 cm³/mol. The fraction of sp³-hybridized carbons (Fsp3) is 0.171. The monoisotopic (exact) mass is 587 g/mol. The first-order valence-electron chi connectivity index (χ1n) is 14.2. The summed E-state index contributed by atoms with van der Waals surface area (Å²) in [5.74, 6) is 1.91. The van der Waals surface area contributed by atoms with E-state index >= 15 is 0 Å². The number of carbonyl (C=O) groups excluding carboxylic acids is 1. The van der Waals surface area contributed by atoms with Gasteiger partial charge in [-0.3, -0.25) is 4.79 Å². The highest BCUT2D eigenvalue weighted by atomic mass is 32.2. The average Bonchev–Trinajstić information content (AvgIpc) is 3.43. The first kappa shape index (κ1) is 28.3. The van der Waals surface area contributed by atoms with Gasteiger partial charge >= 0.3 is 0 Å². The number of fused-ring (bicyclic) bond motifs is 1. The molecule has 0 saturated carbocycles. The molecule has 0 bridgehead atoms. The van der Waals surface area contributed by atoms with Gasteiger partial charge in [0.15, 0.2) is 0 Å². The minimum Gasteiger partial charge on any atom is -0.489 e. The summed E-state index contributed by atoms with van der Waals surface area (Å²) in [7, 11) is 0. The molecule has 4 aromatic carbocycles. The lowest BCUT2D eigenvalue weighted by molar-refractivity contribution is -0.113. The lowest BCUT2D eigenvalue weighted by Gasteiger charge is -2.29. The third kappa shape index (κ3) is 6.34. The van der Waals surface area contributed by atoms with Crippen molar-refractivity contribution in [3.05, 3.63) is 142 Å². The summed E-state index contributed by atoms with van der Waals surface area (Å²) in [5, 5.41) is 12.0. The molecule has 5 aromatic rings. The van der Waals surface area contributed by atoms with Crippen molar-refractivity contribution in [2.24, 2.45) is 0 Å². The fourth-order valence-corrected chi connectivity index (χ4v) is 5.88. The van der Waals surface area contributed by atoms with Crippen molar-refractivity contribution in [1.82, 2.24) is 14.8 Å². The number of thioether (sulfide) groups is 1. The molecule has 43 heavy (non-hydrogen) atoms. The quantitative estimate of drug-likeness (QED) is 0.172. The van der Waals surface area contributed by atoms with E-state index in [1.807, 2.05) is 97.4 Å². The van der Waals surface area contributed by atoms with Crippen LogP contribution in [0.15, 0.2) is 120 Å². The van der Waals surface area contributed by atoms with Gasteiger partial charge in [0.1, 0.15) is 18.4 Å². The summed E-state index contributed by atoms with van der Waals surface area (Å²) in [5.41, 5.74) is 7.51.